The van der Waals surface area contributed by atoms with Crippen LogP contribution in [0.25, 0.3) is 0 Å². The lowest BCUT2D eigenvalue weighted by atomic mass is 9.89. The summed E-state index contributed by atoms with van der Waals surface area (Å²) in [5, 5.41) is 21.8. The Morgan fingerprint density at radius 3 is 2.49 bits per heavy atom. The van der Waals surface area contributed by atoms with Crippen molar-refractivity contribution in [1.82, 2.24) is 4.90 Å². The highest BCUT2D eigenvalue weighted by Gasteiger charge is 2.44. The van der Waals surface area contributed by atoms with Gasteiger partial charge in [0.1, 0.15) is 35.4 Å². The van der Waals surface area contributed by atoms with Crippen LogP contribution in [0.15, 0.2) is 30.3 Å². The van der Waals surface area contributed by atoms with Crippen LogP contribution in [-0.4, -0.2) is 71.2 Å². The average molecular weight is 549 g/mol. The highest BCUT2D eigenvalue weighted by molar-refractivity contribution is 5.97. The van der Waals surface area contributed by atoms with Crippen molar-refractivity contribution in [3.63, 3.8) is 0 Å². The van der Waals surface area contributed by atoms with Gasteiger partial charge in [-0.1, -0.05) is 12.1 Å². The van der Waals surface area contributed by atoms with E-state index < -0.39 is 41.6 Å². The molecule has 4 rings (SSSR count). The van der Waals surface area contributed by atoms with Crippen LogP contribution in [0.2, 0.25) is 0 Å². The highest BCUT2D eigenvalue weighted by Crippen LogP contribution is 2.40. The van der Waals surface area contributed by atoms with Crippen LogP contribution >= 0.6 is 0 Å². The molecule has 2 aliphatic heterocycles. The van der Waals surface area contributed by atoms with Gasteiger partial charge in [0.15, 0.2) is 11.6 Å². The van der Waals surface area contributed by atoms with Gasteiger partial charge in [-0.3, -0.25) is 4.79 Å². The fourth-order valence-electron chi connectivity index (χ4n) is 4.68. The third kappa shape index (κ3) is 6.25. The number of carbonyl (C=O) groups excluding carboxylic acids is 2. The zero-order valence-electron chi connectivity index (χ0n) is 22.5. The van der Waals surface area contributed by atoms with E-state index in [4.69, 9.17) is 14.2 Å². The van der Waals surface area contributed by atoms with Gasteiger partial charge in [-0.25, -0.2) is 13.6 Å². The molecule has 0 aliphatic carbocycles. The first-order valence-corrected chi connectivity index (χ1v) is 12.8. The minimum absolute atomic E-state index is 0.0127. The Morgan fingerprint density at radius 1 is 1.18 bits per heavy atom. The average Bonchev–Trinajstić information content (AvgIpc) is 2.88. The summed E-state index contributed by atoms with van der Waals surface area (Å²) in [6, 6.07) is 7.77. The van der Waals surface area contributed by atoms with E-state index in [1.807, 2.05) is 0 Å². The summed E-state index contributed by atoms with van der Waals surface area (Å²) >= 11 is 0. The lowest BCUT2D eigenvalue weighted by Crippen LogP contribution is -2.59. The fourth-order valence-corrected chi connectivity index (χ4v) is 4.68. The lowest BCUT2D eigenvalue weighted by molar-refractivity contribution is -0.135. The van der Waals surface area contributed by atoms with Gasteiger partial charge >= 0.3 is 6.09 Å². The first kappa shape index (κ1) is 28.6. The number of ether oxygens (including phenoxy) is 3. The molecular weight excluding hydrogens is 514 g/mol. The minimum atomic E-state index is -1.75. The van der Waals surface area contributed by atoms with Gasteiger partial charge in [0.25, 0.3) is 0 Å². The molecule has 212 valence electrons. The number of halogens is 2. The monoisotopic (exact) mass is 548 g/mol. The van der Waals surface area contributed by atoms with E-state index in [-0.39, 0.29) is 56.2 Å². The number of anilines is 1. The number of hydrogen-bond donors (Lipinski definition) is 2. The Labute approximate surface area is 225 Å². The van der Waals surface area contributed by atoms with Gasteiger partial charge < -0.3 is 34.2 Å². The van der Waals surface area contributed by atoms with Crippen molar-refractivity contribution < 1.29 is 42.8 Å². The van der Waals surface area contributed by atoms with Crippen LogP contribution in [0, 0.1) is 11.6 Å². The molecule has 9 nitrogen and oxygen atoms in total. The molecule has 2 N–H and O–H groups in total. The maximum Gasteiger partial charge on any atom is 0.410 e. The molecule has 2 aromatic carbocycles. The molecule has 39 heavy (non-hydrogen) atoms. The molecule has 2 amide bonds. The number of fused-ring (bicyclic) bond motifs is 1. The highest BCUT2D eigenvalue weighted by atomic mass is 19.2. The molecular formula is C28H34F2N2O7. The van der Waals surface area contributed by atoms with Crippen molar-refractivity contribution in [3.8, 4) is 11.5 Å². The number of β-amino-alcohol motifs (C(OH)–C–C–N with tert-alkyl or cyclic N) is 1. The van der Waals surface area contributed by atoms with Crippen molar-refractivity contribution in [1.29, 1.82) is 0 Å². The molecule has 0 aromatic heterocycles. The SMILES string of the molecule is COc1ccc(CN2C(=O)CCc3c(OC[C@]4(O)CCN(C(=O)OC(C)(C)C)C[C@H]4O)cc(F)c(F)c32)cc1. The van der Waals surface area contributed by atoms with Crippen LogP contribution < -0.4 is 14.4 Å². The molecule has 2 atom stereocenters. The smallest absolute Gasteiger partial charge is 0.410 e. The van der Waals surface area contributed by atoms with Gasteiger partial charge in [0, 0.05) is 24.6 Å². The number of benzene rings is 2. The van der Waals surface area contributed by atoms with Crippen molar-refractivity contribution in [2.75, 3.05) is 31.7 Å². The van der Waals surface area contributed by atoms with E-state index in [1.54, 1.807) is 45.0 Å². The number of rotatable bonds is 6. The summed E-state index contributed by atoms with van der Waals surface area (Å²) in [5.41, 5.74) is -1.68. The Hall–Kier alpha value is -3.44. The molecule has 1 saturated heterocycles. The topological polar surface area (TPSA) is 109 Å². The second-order valence-electron chi connectivity index (χ2n) is 10.9. The first-order chi connectivity index (χ1) is 18.3. The van der Waals surface area contributed by atoms with E-state index in [9.17, 15) is 24.2 Å². The number of nitrogens with zero attached hydrogens (tertiary/aromatic N) is 2. The number of hydrogen-bond acceptors (Lipinski definition) is 7. The second kappa shape index (κ2) is 11.0. The summed E-state index contributed by atoms with van der Waals surface area (Å²) in [7, 11) is 1.53. The van der Waals surface area contributed by atoms with Gasteiger partial charge in [-0.15, -0.1) is 0 Å². The summed E-state index contributed by atoms with van der Waals surface area (Å²) in [4.78, 5) is 27.6. The fraction of sp³-hybridized carbons (Fsp3) is 0.500. The predicted octanol–water partition coefficient (Wildman–Crippen LogP) is 3.56. The van der Waals surface area contributed by atoms with Crippen molar-refractivity contribution >= 4 is 17.7 Å². The van der Waals surface area contributed by atoms with E-state index in [1.165, 1.54) is 16.9 Å². The molecule has 1 fully saturated rings. The lowest BCUT2D eigenvalue weighted by Gasteiger charge is -2.42. The Balaban J connectivity index is 1.52. The van der Waals surface area contributed by atoms with Crippen LogP contribution in [0.5, 0.6) is 11.5 Å². The third-order valence-electron chi connectivity index (χ3n) is 6.88. The van der Waals surface area contributed by atoms with Crippen LogP contribution in [0.1, 0.15) is 44.7 Å². The number of methoxy groups -OCH3 is 1. The van der Waals surface area contributed by atoms with E-state index in [2.05, 4.69) is 0 Å². The number of aliphatic hydroxyl groups excluding tert-OH is 1. The van der Waals surface area contributed by atoms with Gasteiger partial charge in [0.2, 0.25) is 5.91 Å². The number of amides is 2. The van der Waals surface area contributed by atoms with E-state index >= 15 is 4.39 Å². The Morgan fingerprint density at radius 2 is 1.87 bits per heavy atom. The second-order valence-corrected chi connectivity index (χ2v) is 10.9. The quantitative estimate of drug-likeness (QED) is 0.568. The minimum Gasteiger partial charge on any atom is -0.497 e. The number of likely N-dealkylation sites (tertiary alicyclic amines) is 1. The van der Waals surface area contributed by atoms with E-state index in [0.29, 0.717) is 16.9 Å². The molecule has 0 saturated carbocycles. The molecule has 0 radical (unpaired) electrons. The predicted molar refractivity (Wildman–Crippen MR) is 138 cm³/mol. The number of carbonyl (C=O) groups is 2. The van der Waals surface area contributed by atoms with Gasteiger partial charge in [0.05, 0.1) is 25.9 Å². The normalized spacial score (nSPS) is 21.4. The first-order valence-electron chi connectivity index (χ1n) is 12.8. The van der Waals surface area contributed by atoms with Crippen LogP contribution in [-0.2, 0) is 22.5 Å². The maximum atomic E-state index is 15.1. The maximum absolute atomic E-state index is 15.1. The summed E-state index contributed by atoms with van der Waals surface area (Å²) in [6.45, 7) is 4.68. The number of aliphatic hydroxyl groups is 2. The van der Waals surface area contributed by atoms with Crippen LogP contribution in [0.3, 0.4) is 0 Å². The van der Waals surface area contributed by atoms with E-state index in [0.717, 1.165) is 6.07 Å². The molecule has 2 aromatic rings. The van der Waals surface area contributed by atoms with Crippen LogP contribution in [0.4, 0.5) is 19.3 Å². The van der Waals surface area contributed by atoms with Gasteiger partial charge in [-0.05, 0) is 51.3 Å². The molecule has 0 spiro atoms. The molecule has 0 unspecified atom stereocenters. The van der Waals surface area contributed by atoms with Crippen molar-refractivity contribution in [3.05, 3.63) is 53.1 Å². The molecule has 0 bridgehead atoms. The summed E-state index contributed by atoms with van der Waals surface area (Å²) in [5.74, 6) is -2.13. The van der Waals surface area contributed by atoms with Crippen molar-refractivity contribution in [2.24, 2.45) is 0 Å². The Bertz CT molecular complexity index is 1230. The van der Waals surface area contributed by atoms with Crippen molar-refractivity contribution in [2.45, 2.75) is 63.9 Å². The van der Waals surface area contributed by atoms with Gasteiger partial charge in [-0.2, -0.15) is 0 Å². The standard InChI is InChI=1S/C28H34F2N2O7/c1-27(2,3)39-26(35)31-12-11-28(36,22(33)15-31)16-38-21-13-20(29)24(30)25-19(21)9-10-23(34)32(25)14-17-5-7-18(37-4)8-6-17/h5-8,13,22,33,36H,9-12,14-16H2,1-4H3/t22-,28-/m1/s1. The summed E-state index contributed by atoms with van der Waals surface area (Å²) < 4.78 is 46.1. The summed E-state index contributed by atoms with van der Waals surface area (Å²) in [6.07, 6.45) is -1.83. The zero-order chi connectivity index (χ0) is 28.5. The zero-order valence-corrected chi connectivity index (χ0v) is 22.5. The number of piperidine rings is 1. The third-order valence-corrected chi connectivity index (χ3v) is 6.88. The molecule has 2 heterocycles. The molecule has 11 heteroatoms. The Kier molecular flexibility index (Phi) is 8.04. The largest absolute Gasteiger partial charge is 0.497 e. The molecule has 2 aliphatic rings.